The van der Waals surface area contributed by atoms with Crippen molar-refractivity contribution in [3.8, 4) is 0 Å². The monoisotopic (exact) mass is 230 g/mol. The first-order chi connectivity index (χ1) is 7.29. The molecule has 0 aromatic carbocycles. The Morgan fingerprint density at radius 2 is 2.12 bits per heavy atom. The van der Waals surface area contributed by atoms with Crippen LogP contribution in [0.1, 0.15) is 20.8 Å². The third-order valence-corrected chi connectivity index (χ3v) is 2.24. The first-order valence-electron chi connectivity index (χ1n) is 5.22. The summed E-state index contributed by atoms with van der Waals surface area (Å²) in [4.78, 5) is 21.9. The van der Waals surface area contributed by atoms with Gasteiger partial charge in [-0.05, 0) is 20.8 Å². The van der Waals surface area contributed by atoms with E-state index in [-0.39, 0.29) is 5.92 Å². The molecule has 3 N–H and O–H groups in total. The molecule has 0 aromatic heterocycles. The number of hydrogen-bond acceptors (Lipinski definition) is 4. The second-order valence-corrected chi connectivity index (χ2v) is 4.87. The molecule has 1 heterocycles. The minimum atomic E-state index is -0.887. The van der Waals surface area contributed by atoms with Gasteiger partial charge in [0, 0.05) is 19.0 Å². The van der Waals surface area contributed by atoms with Crippen LogP contribution in [0.3, 0.4) is 0 Å². The highest BCUT2D eigenvalue weighted by molar-refractivity contribution is 5.75. The van der Waals surface area contributed by atoms with Crippen LogP contribution in [0.4, 0.5) is 4.79 Å². The lowest BCUT2D eigenvalue weighted by Gasteiger charge is -2.35. The summed E-state index contributed by atoms with van der Waals surface area (Å²) < 4.78 is 5.03. The number of carbonyl (C=O) groups excluding carboxylic acids is 1. The molecule has 2 atom stereocenters. The lowest BCUT2D eigenvalue weighted by Crippen LogP contribution is -2.60. The summed E-state index contributed by atoms with van der Waals surface area (Å²) in [5.74, 6) is -0.952. The predicted octanol–water partition coefficient (Wildman–Crippen LogP) is 0.184. The normalized spacial score (nSPS) is 24.4. The highest BCUT2D eigenvalue weighted by atomic mass is 16.6. The third kappa shape index (κ3) is 3.69. The largest absolute Gasteiger partial charge is 0.480 e. The Bertz CT molecular complexity index is 285. The number of aliphatic carboxylic acids is 1. The Kier molecular flexibility index (Phi) is 3.74. The van der Waals surface area contributed by atoms with Gasteiger partial charge in [-0.25, -0.2) is 4.79 Å². The Morgan fingerprint density at radius 3 is 2.50 bits per heavy atom. The molecular weight excluding hydrogens is 212 g/mol. The maximum absolute atomic E-state index is 11.3. The molecule has 1 fully saturated rings. The van der Waals surface area contributed by atoms with E-state index >= 15 is 0 Å². The molecule has 6 nitrogen and oxygen atoms in total. The molecule has 0 aliphatic carbocycles. The number of rotatable bonds is 3. The molecule has 0 bridgehead atoms. The second-order valence-electron chi connectivity index (χ2n) is 4.87. The van der Waals surface area contributed by atoms with Gasteiger partial charge in [-0.2, -0.15) is 0 Å². The molecule has 1 aliphatic rings. The van der Waals surface area contributed by atoms with E-state index in [0.29, 0.717) is 13.1 Å². The first kappa shape index (κ1) is 12.8. The molecule has 16 heavy (non-hydrogen) atoms. The number of carboxylic acids is 1. The van der Waals surface area contributed by atoms with E-state index in [1.807, 2.05) is 0 Å². The van der Waals surface area contributed by atoms with E-state index in [0.717, 1.165) is 0 Å². The van der Waals surface area contributed by atoms with Crippen LogP contribution in [0.2, 0.25) is 0 Å². The number of alkyl carbamates (subject to hydrolysis) is 1. The Morgan fingerprint density at radius 1 is 1.50 bits per heavy atom. The fraction of sp³-hybridized carbons (Fsp3) is 0.800. The molecule has 1 saturated heterocycles. The number of carboxylic acid groups (broad SMARTS) is 1. The van der Waals surface area contributed by atoms with Crippen molar-refractivity contribution < 1.29 is 19.4 Å². The van der Waals surface area contributed by atoms with Crippen LogP contribution in [0.25, 0.3) is 0 Å². The van der Waals surface area contributed by atoms with Gasteiger partial charge < -0.3 is 20.5 Å². The van der Waals surface area contributed by atoms with Gasteiger partial charge in [0.1, 0.15) is 11.6 Å². The van der Waals surface area contributed by atoms with Crippen LogP contribution in [0, 0.1) is 5.92 Å². The lowest BCUT2D eigenvalue weighted by atomic mass is 9.92. The van der Waals surface area contributed by atoms with Crippen molar-refractivity contribution in [2.75, 3.05) is 13.1 Å². The molecule has 0 spiro atoms. The van der Waals surface area contributed by atoms with Crippen LogP contribution in [-0.4, -0.2) is 41.9 Å². The summed E-state index contributed by atoms with van der Waals surface area (Å²) in [6, 6.07) is -0.560. The van der Waals surface area contributed by atoms with Crippen molar-refractivity contribution in [1.82, 2.24) is 10.6 Å². The smallest absolute Gasteiger partial charge is 0.407 e. The number of hydrogen-bond donors (Lipinski definition) is 3. The van der Waals surface area contributed by atoms with Gasteiger partial charge in [0.25, 0.3) is 0 Å². The summed E-state index contributed by atoms with van der Waals surface area (Å²) in [6.45, 7) is 6.25. The van der Waals surface area contributed by atoms with E-state index < -0.39 is 23.7 Å². The number of amides is 1. The zero-order valence-corrected chi connectivity index (χ0v) is 9.74. The molecule has 6 heteroatoms. The average molecular weight is 230 g/mol. The molecule has 1 rings (SSSR count). The Balaban J connectivity index is 2.25. The molecule has 2 unspecified atom stereocenters. The van der Waals surface area contributed by atoms with E-state index in [1.54, 1.807) is 20.8 Å². The Hall–Kier alpha value is -1.30. The van der Waals surface area contributed by atoms with Crippen LogP contribution < -0.4 is 10.6 Å². The fourth-order valence-corrected chi connectivity index (χ4v) is 1.41. The van der Waals surface area contributed by atoms with Crippen molar-refractivity contribution >= 4 is 12.1 Å². The summed E-state index contributed by atoms with van der Waals surface area (Å²) in [5, 5.41) is 14.1. The van der Waals surface area contributed by atoms with Crippen molar-refractivity contribution in [2.24, 2.45) is 5.92 Å². The summed E-state index contributed by atoms with van der Waals surface area (Å²) >= 11 is 0. The van der Waals surface area contributed by atoms with Gasteiger partial charge in [-0.15, -0.1) is 0 Å². The second kappa shape index (κ2) is 4.69. The standard InChI is InChI=1S/C10H18N2O4/c1-10(2,3)16-9(15)12-5-6-4-11-7(6)8(13)14/h6-7,11H,4-5H2,1-3H3,(H,12,15)(H,13,14). The van der Waals surface area contributed by atoms with Gasteiger partial charge in [-0.3, -0.25) is 4.79 Å². The number of nitrogens with one attached hydrogen (secondary N) is 2. The highest BCUT2D eigenvalue weighted by Gasteiger charge is 2.36. The number of ether oxygens (including phenoxy) is 1. The fourth-order valence-electron chi connectivity index (χ4n) is 1.41. The quantitative estimate of drug-likeness (QED) is 0.644. The summed E-state index contributed by atoms with van der Waals surface area (Å²) in [6.07, 6.45) is -0.511. The summed E-state index contributed by atoms with van der Waals surface area (Å²) in [7, 11) is 0. The van der Waals surface area contributed by atoms with Gasteiger partial charge in [0.05, 0.1) is 0 Å². The van der Waals surface area contributed by atoms with Crippen molar-refractivity contribution in [3.63, 3.8) is 0 Å². The van der Waals surface area contributed by atoms with Gasteiger partial charge in [0.2, 0.25) is 0 Å². The summed E-state index contributed by atoms with van der Waals surface area (Å²) in [5.41, 5.74) is -0.534. The van der Waals surface area contributed by atoms with Gasteiger partial charge >= 0.3 is 12.1 Å². The van der Waals surface area contributed by atoms with E-state index in [2.05, 4.69) is 10.6 Å². The zero-order chi connectivity index (χ0) is 12.3. The first-order valence-corrected chi connectivity index (χ1v) is 5.22. The van der Waals surface area contributed by atoms with Crippen LogP contribution >= 0.6 is 0 Å². The predicted molar refractivity (Wildman–Crippen MR) is 57.2 cm³/mol. The minimum absolute atomic E-state index is 0.0648. The van der Waals surface area contributed by atoms with Crippen LogP contribution in [0.5, 0.6) is 0 Å². The zero-order valence-electron chi connectivity index (χ0n) is 9.74. The molecule has 0 aromatic rings. The van der Waals surface area contributed by atoms with Gasteiger partial charge in [-0.1, -0.05) is 0 Å². The van der Waals surface area contributed by atoms with E-state index in [4.69, 9.17) is 9.84 Å². The number of carbonyl (C=O) groups is 2. The third-order valence-electron chi connectivity index (χ3n) is 2.24. The van der Waals surface area contributed by atoms with Gasteiger partial charge in [0.15, 0.2) is 0 Å². The maximum Gasteiger partial charge on any atom is 0.407 e. The molecule has 92 valence electrons. The van der Waals surface area contributed by atoms with Crippen molar-refractivity contribution in [2.45, 2.75) is 32.4 Å². The minimum Gasteiger partial charge on any atom is -0.480 e. The molecule has 0 radical (unpaired) electrons. The van der Waals surface area contributed by atoms with Crippen molar-refractivity contribution in [1.29, 1.82) is 0 Å². The molecule has 1 amide bonds. The van der Waals surface area contributed by atoms with E-state index in [9.17, 15) is 9.59 Å². The molecule has 1 aliphatic heterocycles. The molecule has 0 saturated carbocycles. The van der Waals surface area contributed by atoms with Crippen LogP contribution in [-0.2, 0) is 9.53 Å². The topological polar surface area (TPSA) is 87.7 Å². The Labute approximate surface area is 94.3 Å². The van der Waals surface area contributed by atoms with Crippen molar-refractivity contribution in [3.05, 3.63) is 0 Å². The maximum atomic E-state index is 11.3. The average Bonchev–Trinajstić information content (AvgIpc) is 1.96. The molecular formula is C10H18N2O4. The SMILES string of the molecule is CC(C)(C)OC(=O)NCC1CNC1C(=O)O. The lowest BCUT2D eigenvalue weighted by molar-refractivity contribution is -0.143. The van der Waals surface area contributed by atoms with Crippen LogP contribution in [0.15, 0.2) is 0 Å². The highest BCUT2D eigenvalue weighted by Crippen LogP contribution is 2.12. The van der Waals surface area contributed by atoms with E-state index in [1.165, 1.54) is 0 Å².